The summed E-state index contributed by atoms with van der Waals surface area (Å²) < 4.78 is 1.95. The van der Waals surface area contributed by atoms with Crippen molar-refractivity contribution in [2.75, 3.05) is 0 Å². The second-order valence-electron chi connectivity index (χ2n) is 6.66. The molecule has 0 saturated carbocycles. The number of halogens is 1. The molecule has 3 aromatic rings. The summed E-state index contributed by atoms with van der Waals surface area (Å²) >= 11 is 6.09. The number of unbranched alkanes of at least 4 members (excludes halogenated alkanes) is 1. The van der Waals surface area contributed by atoms with Gasteiger partial charge in [0.1, 0.15) is 5.82 Å². The Bertz CT molecular complexity index is 1030. The fourth-order valence-electron chi connectivity index (χ4n) is 3.27. The molecule has 0 amide bonds. The number of imidazole rings is 1. The van der Waals surface area contributed by atoms with Crippen LogP contribution in [0.4, 0.5) is 0 Å². The molecule has 1 heterocycles. The van der Waals surface area contributed by atoms with Crippen molar-refractivity contribution in [3.63, 3.8) is 0 Å². The van der Waals surface area contributed by atoms with Gasteiger partial charge in [0, 0.05) is 18.0 Å². The summed E-state index contributed by atoms with van der Waals surface area (Å²) in [5.41, 5.74) is 2.50. The molecule has 0 fully saturated rings. The van der Waals surface area contributed by atoms with E-state index in [0.717, 1.165) is 30.7 Å². The molecule has 28 heavy (non-hydrogen) atoms. The van der Waals surface area contributed by atoms with E-state index in [4.69, 9.17) is 16.7 Å². The van der Waals surface area contributed by atoms with Crippen LogP contribution in [0.25, 0.3) is 11.0 Å². The second kappa shape index (κ2) is 8.44. The second-order valence-corrected chi connectivity index (χ2v) is 7.10. The Morgan fingerprint density at radius 2 is 1.79 bits per heavy atom. The lowest BCUT2D eigenvalue weighted by molar-refractivity contribution is 0.0687. The molecule has 0 aliphatic heterocycles. The lowest BCUT2D eigenvalue weighted by atomic mass is 10.1. The van der Waals surface area contributed by atoms with Gasteiger partial charge in [-0.1, -0.05) is 37.1 Å². The van der Waals surface area contributed by atoms with E-state index in [0.29, 0.717) is 29.0 Å². The van der Waals surface area contributed by atoms with Crippen LogP contribution >= 0.6 is 11.6 Å². The summed E-state index contributed by atoms with van der Waals surface area (Å²) in [6.07, 6.45) is 3.34. The summed E-state index contributed by atoms with van der Waals surface area (Å²) in [4.78, 5) is 27.4. The third-order valence-corrected chi connectivity index (χ3v) is 4.91. The number of rotatable bonds is 8. The molecule has 3 rings (SSSR count). The highest BCUT2D eigenvalue weighted by molar-refractivity contribution is 6.31. The fraction of sp³-hybridized carbons (Fsp3) is 0.286. The molecular formula is C21H21ClN2O4. The molecule has 0 radical (unpaired) electrons. The van der Waals surface area contributed by atoms with Crippen molar-refractivity contribution in [3.05, 3.63) is 63.9 Å². The van der Waals surface area contributed by atoms with Crippen LogP contribution in [-0.4, -0.2) is 31.7 Å². The minimum absolute atomic E-state index is 0.138. The molecule has 0 saturated heterocycles. The van der Waals surface area contributed by atoms with E-state index in [9.17, 15) is 14.7 Å². The van der Waals surface area contributed by atoms with Crippen LogP contribution in [0.2, 0.25) is 5.02 Å². The molecular weight excluding hydrogens is 380 g/mol. The first-order valence-electron chi connectivity index (χ1n) is 9.15. The van der Waals surface area contributed by atoms with E-state index >= 15 is 0 Å². The van der Waals surface area contributed by atoms with Crippen LogP contribution in [-0.2, 0) is 19.4 Å². The zero-order valence-electron chi connectivity index (χ0n) is 15.5. The average Bonchev–Trinajstić information content (AvgIpc) is 3.01. The molecule has 1 aromatic heterocycles. The van der Waals surface area contributed by atoms with Crippen LogP contribution in [0.15, 0.2) is 36.4 Å². The van der Waals surface area contributed by atoms with Gasteiger partial charge in [0.2, 0.25) is 0 Å². The van der Waals surface area contributed by atoms with Gasteiger partial charge in [0.25, 0.3) is 0 Å². The first-order chi connectivity index (χ1) is 13.4. The SMILES string of the molecule is CCCCc1nc2cc(Cl)cc(C(=O)O)c2n1CCc1ccc(C(=O)O)cc1. The molecule has 6 nitrogen and oxygen atoms in total. The van der Waals surface area contributed by atoms with Gasteiger partial charge < -0.3 is 14.8 Å². The third-order valence-electron chi connectivity index (χ3n) is 4.69. The maximum Gasteiger partial charge on any atom is 0.337 e. The summed E-state index contributed by atoms with van der Waals surface area (Å²) in [6.45, 7) is 2.64. The highest BCUT2D eigenvalue weighted by Gasteiger charge is 2.19. The van der Waals surface area contributed by atoms with Crippen molar-refractivity contribution in [2.24, 2.45) is 0 Å². The van der Waals surface area contributed by atoms with Crippen molar-refractivity contribution in [1.82, 2.24) is 9.55 Å². The summed E-state index contributed by atoms with van der Waals surface area (Å²) in [5, 5.41) is 19.0. The number of aryl methyl sites for hydroxylation is 3. The molecule has 2 aromatic carbocycles. The standard InChI is InChI=1S/C21H21ClN2O4/c1-2-3-4-18-23-17-12-15(22)11-16(21(27)28)19(17)24(18)10-9-13-5-7-14(8-6-13)20(25)26/h5-8,11-12H,2-4,9-10H2,1H3,(H,25,26)(H,27,28). The normalized spacial score (nSPS) is 11.1. The molecule has 0 atom stereocenters. The molecule has 0 spiro atoms. The number of carbonyl (C=O) groups is 2. The lowest BCUT2D eigenvalue weighted by Crippen LogP contribution is -2.09. The van der Waals surface area contributed by atoms with Crippen molar-refractivity contribution in [2.45, 2.75) is 39.2 Å². The van der Waals surface area contributed by atoms with Crippen molar-refractivity contribution >= 4 is 34.6 Å². The summed E-state index contributed by atoms with van der Waals surface area (Å²) in [7, 11) is 0. The Kier molecular flexibility index (Phi) is 5.99. The lowest BCUT2D eigenvalue weighted by Gasteiger charge is -2.11. The van der Waals surface area contributed by atoms with Gasteiger partial charge >= 0.3 is 11.9 Å². The summed E-state index contributed by atoms with van der Waals surface area (Å²) in [6, 6.07) is 9.85. The molecule has 2 N–H and O–H groups in total. The van der Waals surface area contributed by atoms with Gasteiger partial charge in [-0.05, 0) is 42.7 Å². The van der Waals surface area contributed by atoms with E-state index < -0.39 is 11.9 Å². The number of nitrogens with zero attached hydrogens (tertiary/aromatic N) is 2. The molecule has 0 bridgehead atoms. The van der Waals surface area contributed by atoms with E-state index in [1.165, 1.54) is 6.07 Å². The first-order valence-corrected chi connectivity index (χ1v) is 9.52. The Morgan fingerprint density at radius 1 is 1.07 bits per heavy atom. The van der Waals surface area contributed by atoms with Gasteiger partial charge in [-0.3, -0.25) is 0 Å². The van der Waals surface area contributed by atoms with Crippen LogP contribution in [0.5, 0.6) is 0 Å². The highest BCUT2D eigenvalue weighted by atomic mass is 35.5. The number of hydrogen-bond donors (Lipinski definition) is 2. The van der Waals surface area contributed by atoms with Crippen LogP contribution in [0.3, 0.4) is 0 Å². The number of aromatic nitrogens is 2. The Labute approximate surface area is 167 Å². The quantitative estimate of drug-likeness (QED) is 0.573. The zero-order chi connectivity index (χ0) is 20.3. The number of carboxylic acids is 2. The maximum absolute atomic E-state index is 11.8. The zero-order valence-corrected chi connectivity index (χ0v) is 16.2. The van der Waals surface area contributed by atoms with E-state index in [1.807, 2.05) is 4.57 Å². The fourth-order valence-corrected chi connectivity index (χ4v) is 3.48. The monoisotopic (exact) mass is 400 g/mol. The summed E-state index contributed by atoms with van der Waals surface area (Å²) in [5.74, 6) is -1.16. The number of hydrogen-bond acceptors (Lipinski definition) is 3. The van der Waals surface area contributed by atoms with Gasteiger partial charge in [-0.2, -0.15) is 0 Å². The van der Waals surface area contributed by atoms with E-state index in [1.54, 1.807) is 30.3 Å². The average molecular weight is 401 g/mol. The maximum atomic E-state index is 11.8. The molecule has 146 valence electrons. The Hall–Kier alpha value is -2.86. The third kappa shape index (κ3) is 4.17. The molecule has 7 heteroatoms. The van der Waals surface area contributed by atoms with Crippen LogP contribution in [0.1, 0.15) is 51.9 Å². The van der Waals surface area contributed by atoms with Crippen LogP contribution in [0, 0.1) is 0 Å². The molecule has 0 aliphatic carbocycles. The van der Waals surface area contributed by atoms with Gasteiger partial charge in [0.05, 0.1) is 22.2 Å². The largest absolute Gasteiger partial charge is 0.478 e. The van der Waals surface area contributed by atoms with Crippen molar-refractivity contribution in [3.8, 4) is 0 Å². The predicted octanol–water partition coefficient (Wildman–Crippen LogP) is 4.67. The van der Waals surface area contributed by atoms with Crippen LogP contribution < -0.4 is 0 Å². The van der Waals surface area contributed by atoms with Crippen molar-refractivity contribution in [1.29, 1.82) is 0 Å². The number of fused-ring (bicyclic) bond motifs is 1. The van der Waals surface area contributed by atoms with E-state index in [-0.39, 0.29) is 11.1 Å². The number of carboxylic acid groups (broad SMARTS) is 2. The van der Waals surface area contributed by atoms with E-state index in [2.05, 4.69) is 11.9 Å². The van der Waals surface area contributed by atoms with Crippen molar-refractivity contribution < 1.29 is 19.8 Å². The molecule has 0 aliphatic rings. The number of aromatic carboxylic acids is 2. The Balaban J connectivity index is 1.99. The van der Waals surface area contributed by atoms with Gasteiger partial charge in [0.15, 0.2) is 0 Å². The smallest absolute Gasteiger partial charge is 0.337 e. The number of benzene rings is 2. The Morgan fingerprint density at radius 3 is 2.39 bits per heavy atom. The minimum atomic E-state index is -1.04. The topological polar surface area (TPSA) is 92.4 Å². The molecule has 0 unspecified atom stereocenters. The highest BCUT2D eigenvalue weighted by Crippen LogP contribution is 2.26. The minimum Gasteiger partial charge on any atom is -0.478 e. The van der Waals surface area contributed by atoms with Gasteiger partial charge in [-0.15, -0.1) is 0 Å². The first kappa shape index (κ1) is 19.9. The predicted molar refractivity (Wildman–Crippen MR) is 107 cm³/mol. The van der Waals surface area contributed by atoms with Gasteiger partial charge in [-0.25, -0.2) is 14.6 Å².